The highest BCUT2D eigenvalue weighted by Crippen LogP contribution is 2.21. The molecule has 0 aromatic heterocycles. The molecule has 0 aliphatic heterocycles. The summed E-state index contributed by atoms with van der Waals surface area (Å²) in [6.07, 6.45) is 0.105. The summed E-state index contributed by atoms with van der Waals surface area (Å²) in [5.41, 5.74) is 2.40. The first-order valence-electron chi connectivity index (χ1n) is 8.95. The number of benzene rings is 2. The molecule has 0 fully saturated rings. The number of nitrogens with one attached hydrogen (secondary N) is 2. The maximum absolute atomic E-state index is 12.8. The molecule has 0 heterocycles. The number of amides is 2. The molecule has 0 saturated heterocycles. The fourth-order valence-electron chi connectivity index (χ4n) is 2.53. The van der Waals surface area contributed by atoms with Gasteiger partial charge < -0.3 is 15.4 Å². The van der Waals surface area contributed by atoms with Gasteiger partial charge in [-0.1, -0.05) is 68.3 Å². The van der Waals surface area contributed by atoms with E-state index in [4.69, 9.17) is 16.3 Å². The quantitative estimate of drug-likeness (QED) is 0.706. The van der Waals surface area contributed by atoms with E-state index < -0.39 is 12.1 Å². The zero-order chi connectivity index (χ0) is 19.8. The number of carbonyl (C=O) groups is 2. The van der Waals surface area contributed by atoms with Crippen molar-refractivity contribution in [3.05, 3.63) is 64.7 Å². The third kappa shape index (κ3) is 6.29. The standard InChI is InChI=1S/C21H25ClN2O3/c1-4-14(2)19(20(25)23-18-12-17(22)11-10-15(18)3)24-21(26)27-13-16-8-6-5-7-9-16/h5-12,14,19H,4,13H2,1-3H3,(H,23,25)(H,24,26)/t14-,19-/m1/s1. The minimum Gasteiger partial charge on any atom is -0.445 e. The molecule has 0 aliphatic carbocycles. The van der Waals surface area contributed by atoms with Gasteiger partial charge in [-0.3, -0.25) is 4.79 Å². The maximum Gasteiger partial charge on any atom is 0.408 e. The smallest absolute Gasteiger partial charge is 0.408 e. The van der Waals surface area contributed by atoms with E-state index >= 15 is 0 Å². The lowest BCUT2D eigenvalue weighted by Crippen LogP contribution is -2.47. The summed E-state index contributed by atoms with van der Waals surface area (Å²) < 4.78 is 5.25. The van der Waals surface area contributed by atoms with E-state index in [0.29, 0.717) is 10.7 Å². The highest BCUT2D eigenvalue weighted by molar-refractivity contribution is 6.31. The monoisotopic (exact) mass is 388 g/mol. The average Bonchev–Trinajstić information content (AvgIpc) is 2.67. The van der Waals surface area contributed by atoms with Gasteiger partial charge in [0, 0.05) is 10.7 Å². The molecule has 0 spiro atoms. The number of rotatable bonds is 7. The summed E-state index contributed by atoms with van der Waals surface area (Å²) in [4.78, 5) is 25.0. The van der Waals surface area contributed by atoms with Gasteiger partial charge in [0.1, 0.15) is 12.6 Å². The number of hydrogen-bond donors (Lipinski definition) is 2. The molecule has 2 aromatic rings. The molecule has 27 heavy (non-hydrogen) atoms. The number of halogens is 1. The molecule has 2 N–H and O–H groups in total. The van der Waals surface area contributed by atoms with Crippen molar-refractivity contribution in [2.75, 3.05) is 5.32 Å². The van der Waals surface area contributed by atoms with Crippen LogP contribution in [0.2, 0.25) is 5.02 Å². The molecule has 5 nitrogen and oxygen atoms in total. The number of ether oxygens (including phenoxy) is 1. The van der Waals surface area contributed by atoms with E-state index in [2.05, 4.69) is 10.6 Å². The Morgan fingerprint density at radius 2 is 1.85 bits per heavy atom. The second kappa shape index (κ2) is 9.97. The summed E-state index contributed by atoms with van der Waals surface area (Å²) in [6, 6.07) is 14.0. The van der Waals surface area contributed by atoms with Crippen LogP contribution < -0.4 is 10.6 Å². The number of hydrogen-bond acceptors (Lipinski definition) is 3. The Kier molecular flexibility index (Phi) is 7.67. The Labute approximate surface area is 165 Å². The first kappa shape index (κ1) is 20.8. The zero-order valence-electron chi connectivity index (χ0n) is 15.8. The molecule has 2 atom stereocenters. The Balaban J connectivity index is 2.02. The van der Waals surface area contributed by atoms with Crippen LogP contribution in [0.15, 0.2) is 48.5 Å². The number of aryl methyl sites for hydroxylation is 1. The second-order valence-electron chi connectivity index (χ2n) is 6.52. The van der Waals surface area contributed by atoms with E-state index in [9.17, 15) is 9.59 Å². The number of anilines is 1. The van der Waals surface area contributed by atoms with Crippen molar-refractivity contribution in [1.82, 2.24) is 5.32 Å². The molecular formula is C21H25ClN2O3. The van der Waals surface area contributed by atoms with Crippen molar-refractivity contribution in [2.24, 2.45) is 5.92 Å². The average molecular weight is 389 g/mol. The van der Waals surface area contributed by atoms with Crippen LogP contribution in [0.1, 0.15) is 31.4 Å². The maximum atomic E-state index is 12.8. The molecule has 2 amide bonds. The molecule has 0 unspecified atom stereocenters. The lowest BCUT2D eigenvalue weighted by atomic mass is 9.98. The van der Waals surface area contributed by atoms with Crippen LogP contribution in [-0.2, 0) is 16.1 Å². The molecular weight excluding hydrogens is 364 g/mol. The van der Waals surface area contributed by atoms with Crippen molar-refractivity contribution in [1.29, 1.82) is 0 Å². The molecule has 0 radical (unpaired) electrons. The predicted molar refractivity (Wildman–Crippen MR) is 108 cm³/mol. The summed E-state index contributed by atoms with van der Waals surface area (Å²) in [7, 11) is 0. The zero-order valence-corrected chi connectivity index (χ0v) is 16.5. The predicted octanol–water partition coefficient (Wildman–Crippen LogP) is 4.93. The third-order valence-electron chi connectivity index (χ3n) is 4.44. The van der Waals surface area contributed by atoms with E-state index in [-0.39, 0.29) is 18.4 Å². The molecule has 2 aromatic carbocycles. The highest BCUT2D eigenvalue weighted by atomic mass is 35.5. The fraction of sp³-hybridized carbons (Fsp3) is 0.333. The number of carbonyl (C=O) groups excluding carboxylic acids is 2. The van der Waals surface area contributed by atoms with Gasteiger partial charge in [-0.2, -0.15) is 0 Å². The van der Waals surface area contributed by atoms with Crippen molar-refractivity contribution in [2.45, 2.75) is 39.8 Å². The summed E-state index contributed by atoms with van der Waals surface area (Å²) in [5.74, 6) is -0.361. The summed E-state index contributed by atoms with van der Waals surface area (Å²) >= 11 is 6.01. The Hall–Kier alpha value is -2.53. The van der Waals surface area contributed by atoms with Crippen molar-refractivity contribution in [3.63, 3.8) is 0 Å². The van der Waals surface area contributed by atoms with Gasteiger partial charge in [0.2, 0.25) is 5.91 Å². The lowest BCUT2D eigenvalue weighted by Gasteiger charge is -2.23. The van der Waals surface area contributed by atoms with Crippen LogP contribution in [0.5, 0.6) is 0 Å². The van der Waals surface area contributed by atoms with Crippen molar-refractivity contribution >= 4 is 29.3 Å². The van der Waals surface area contributed by atoms with Gasteiger partial charge in [-0.25, -0.2) is 4.79 Å². The second-order valence-corrected chi connectivity index (χ2v) is 6.95. The minimum atomic E-state index is -0.711. The van der Waals surface area contributed by atoms with Gasteiger partial charge in [-0.15, -0.1) is 0 Å². The van der Waals surface area contributed by atoms with E-state index in [1.165, 1.54) is 0 Å². The van der Waals surface area contributed by atoms with Crippen LogP contribution in [0.3, 0.4) is 0 Å². The fourth-order valence-corrected chi connectivity index (χ4v) is 2.71. The molecule has 0 bridgehead atoms. The summed E-state index contributed by atoms with van der Waals surface area (Å²) in [5, 5.41) is 6.07. The lowest BCUT2D eigenvalue weighted by molar-refractivity contribution is -0.119. The van der Waals surface area contributed by atoms with Crippen molar-refractivity contribution < 1.29 is 14.3 Å². The number of alkyl carbamates (subject to hydrolysis) is 1. The molecule has 0 aliphatic rings. The summed E-state index contributed by atoms with van der Waals surface area (Å²) in [6.45, 7) is 5.90. The highest BCUT2D eigenvalue weighted by Gasteiger charge is 2.27. The molecule has 2 rings (SSSR count). The SMILES string of the molecule is CC[C@@H](C)[C@@H](NC(=O)OCc1ccccc1)C(=O)Nc1cc(Cl)ccc1C. The van der Waals surface area contributed by atoms with Crippen LogP contribution in [0, 0.1) is 12.8 Å². The molecule has 6 heteroatoms. The normalized spacial score (nSPS) is 12.7. The van der Waals surface area contributed by atoms with E-state index in [1.54, 1.807) is 12.1 Å². The first-order valence-corrected chi connectivity index (χ1v) is 9.32. The largest absolute Gasteiger partial charge is 0.445 e. The van der Waals surface area contributed by atoms with Gasteiger partial charge in [0.05, 0.1) is 0 Å². The van der Waals surface area contributed by atoms with Gasteiger partial charge in [-0.05, 0) is 36.1 Å². The van der Waals surface area contributed by atoms with Crippen molar-refractivity contribution in [3.8, 4) is 0 Å². The topological polar surface area (TPSA) is 67.4 Å². The van der Waals surface area contributed by atoms with Crippen LogP contribution in [-0.4, -0.2) is 18.0 Å². The molecule has 0 saturated carbocycles. The Morgan fingerprint density at radius 3 is 2.52 bits per heavy atom. The van der Waals surface area contributed by atoms with Gasteiger partial charge in [0.15, 0.2) is 0 Å². The van der Waals surface area contributed by atoms with Crippen LogP contribution in [0.25, 0.3) is 0 Å². The van der Waals surface area contributed by atoms with E-state index in [1.807, 2.05) is 57.2 Å². The minimum absolute atomic E-state index is 0.0613. The van der Waals surface area contributed by atoms with Gasteiger partial charge >= 0.3 is 6.09 Å². The third-order valence-corrected chi connectivity index (χ3v) is 4.67. The molecule has 144 valence electrons. The van der Waals surface area contributed by atoms with Gasteiger partial charge in [0.25, 0.3) is 0 Å². The van der Waals surface area contributed by atoms with Crippen LogP contribution >= 0.6 is 11.6 Å². The van der Waals surface area contributed by atoms with Crippen LogP contribution in [0.4, 0.5) is 10.5 Å². The Morgan fingerprint density at radius 1 is 1.15 bits per heavy atom. The van der Waals surface area contributed by atoms with E-state index in [0.717, 1.165) is 17.5 Å². The first-order chi connectivity index (χ1) is 12.9. The Bertz CT molecular complexity index is 780.